The Balaban J connectivity index is 2.02. The van der Waals surface area contributed by atoms with Crippen LogP contribution >= 0.6 is 15.9 Å². The zero-order valence-electron chi connectivity index (χ0n) is 8.65. The molecule has 5 heteroatoms. The van der Waals surface area contributed by atoms with Gasteiger partial charge in [0.1, 0.15) is 5.56 Å². The molecule has 1 fully saturated rings. The summed E-state index contributed by atoms with van der Waals surface area (Å²) < 4.78 is 6.03. The number of rotatable bonds is 5. The van der Waals surface area contributed by atoms with Crippen LogP contribution in [0.5, 0.6) is 5.88 Å². The Morgan fingerprint density at radius 3 is 3.00 bits per heavy atom. The van der Waals surface area contributed by atoms with Crippen LogP contribution in [0, 0.1) is 5.92 Å². The Morgan fingerprint density at radius 2 is 2.38 bits per heavy atom. The van der Waals surface area contributed by atoms with Crippen LogP contribution < -0.4 is 4.74 Å². The number of carbonyl (C=O) groups is 1. The van der Waals surface area contributed by atoms with E-state index in [1.165, 1.54) is 18.9 Å². The molecule has 1 saturated carbocycles. The zero-order valence-corrected chi connectivity index (χ0v) is 10.2. The van der Waals surface area contributed by atoms with Crippen LogP contribution in [0.2, 0.25) is 0 Å². The number of halogens is 1. The van der Waals surface area contributed by atoms with Gasteiger partial charge in [0.25, 0.3) is 0 Å². The van der Waals surface area contributed by atoms with Crippen molar-refractivity contribution in [2.75, 3.05) is 6.61 Å². The van der Waals surface area contributed by atoms with Crippen molar-refractivity contribution in [3.8, 4) is 5.88 Å². The molecule has 1 aliphatic carbocycles. The Morgan fingerprint density at radius 1 is 1.62 bits per heavy atom. The molecule has 1 N–H and O–H groups in total. The molecule has 0 saturated heterocycles. The first kappa shape index (κ1) is 11.4. The number of carboxylic acids is 1. The van der Waals surface area contributed by atoms with Crippen LogP contribution in [0.25, 0.3) is 0 Å². The molecule has 1 aromatic rings. The van der Waals surface area contributed by atoms with Crippen LogP contribution in [0.1, 0.15) is 29.6 Å². The summed E-state index contributed by atoms with van der Waals surface area (Å²) in [5.41, 5.74) is 0.102. The number of hydrogen-bond donors (Lipinski definition) is 1. The maximum absolute atomic E-state index is 10.9. The van der Waals surface area contributed by atoms with E-state index in [4.69, 9.17) is 9.84 Å². The topological polar surface area (TPSA) is 59.4 Å². The number of hydrogen-bond acceptors (Lipinski definition) is 3. The van der Waals surface area contributed by atoms with Gasteiger partial charge >= 0.3 is 5.97 Å². The van der Waals surface area contributed by atoms with Crippen molar-refractivity contribution in [1.82, 2.24) is 4.98 Å². The minimum atomic E-state index is -1.02. The monoisotopic (exact) mass is 285 g/mol. The normalized spacial score (nSPS) is 14.8. The molecule has 1 aromatic heterocycles. The molecule has 2 rings (SSSR count). The molecular formula is C11H12BrNO3. The minimum Gasteiger partial charge on any atom is -0.477 e. The van der Waals surface area contributed by atoms with Crippen molar-refractivity contribution in [3.05, 3.63) is 22.3 Å². The summed E-state index contributed by atoms with van der Waals surface area (Å²) in [6.07, 6.45) is 5.06. The molecule has 16 heavy (non-hydrogen) atoms. The van der Waals surface area contributed by atoms with Gasteiger partial charge in [-0.2, -0.15) is 0 Å². The van der Waals surface area contributed by atoms with Gasteiger partial charge < -0.3 is 9.84 Å². The third-order valence-electron chi connectivity index (χ3n) is 2.51. The fourth-order valence-corrected chi connectivity index (χ4v) is 1.76. The van der Waals surface area contributed by atoms with Gasteiger partial charge in [0, 0.05) is 10.7 Å². The van der Waals surface area contributed by atoms with Crippen molar-refractivity contribution in [2.24, 2.45) is 5.92 Å². The van der Waals surface area contributed by atoms with Crippen LogP contribution in [-0.4, -0.2) is 22.7 Å². The van der Waals surface area contributed by atoms with Gasteiger partial charge in [0.2, 0.25) is 5.88 Å². The lowest BCUT2D eigenvalue weighted by Crippen LogP contribution is -2.06. The summed E-state index contributed by atoms with van der Waals surface area (Å²) >= 11 is 3.18. The predicted molar refractivity (Wildman–Crippen MR) is 61.7 cm³/mol. The fourth-order valence-electron chi connectivity index (χ4n) is 1.42. The summed E-state index contributed by atoms with van der Waals surface area (Å²) in [5, 5.41) is 8.97. The van der Waals surface area contributed by atoms with Crippen molar-refractivity contribution in [1.29, 1.82) is 0 Å². The largest absolute Gasteiger partial charge is 0.477 e. The van der Waals surface area contributed by atoms with E-state index in [0.717, 1.165) is 12.3 Å². The highest BCUT2D eigenvalue weighted by Gasteiger charge is 2.21. The molecule has 4 nitrogen and oxygen atoms in total. The minimum absolute atomic E-state index is 0.102. The fraction of sp³-hybridized carbons (Fsp3) is 0.455. The van der Waals surface area contributed by atoms with Gasteiger partial charge in [-0.25, -0.2) is 9.78 Å². The Labute approximate surface area is 102 Å². The standard InChI is InChI=1S/C11H12BrNO3/c12-8-5-9(11(14)15)10(13-6-8)16-4-3-7-1-2-7/h5-7H,1-4H2,(H,14,15). The first-order valence-corrected chi connectivity index (χ1v) is 5.98. The van der Waals surface area contributed by atoms with Crippen LogP contribution in [-0.2, 0) is 0 Å². The van der Waals surface area contributed by atoms with Crippen molar-refractivity contribution in [3.63, 3.8) is 0 Å². The van der Waals surface area contributed by atoms with Crippen molar-refractivity contribution in [2.45, 2.75) is 19.3 Å². The van der Waals surface area contributed by atoms with Gasteiger partial charge in [0.05, 0.1) is 6.61 Å². The zero-order chi connectivity index (χ0) is 11.5. The molecular weight excluding hydrogens is 274 g/mol. The molecule has 0 aliphatic heterocycles. The maximum Gasteiger partial charge on any atom is 0.341 e. The highest BCUT2D eigenvalue weighted by Crippen LogP contribution is 2.32. The van der Waals surface area contributed by atoms with E-state index in [0.29, 0.717) is 11.1 Å². The second kappa shape index (κ2) is 4.82. The lowest BCUT2D eigenvalue weighted by Gasteiger charge is -2.07. The number of pyridine rings is 1. The van der Waals surface area contributed by atoms with Gasteiger partial charge in [-0.15, -0.1) is 0 Å². The van der Waals surface area contributed by atoms with E-state index in [1.54, 1.807) is 6.20 Å². The lowest BCUT2D eigenvalue weighted by atomic mass is 10.3. The first-order valence-electron chi connectivity index (χ1n) is 5.18. The SMILES string of the molecule is O=C(O)c1cc(Br)cnc1OCCC1CC1. The lowest BCUT2D eigenvalue weighted by molar-refractivity contribution is 0.0691. The highest BCUT2D eigenvalue weighted by molar-refractivity contribution is 9.10. The first-order chi connectivity index (χ1) is 7.66. The Kier molecular flexibility index (Phi) is 3.43. The average molecular weight is 286 g/mol. The molecule has 86 valence electrons. The molecule has 1 heterocycles. The summed E-state index contributed by atoms with van der Waals surface area (Å²) in [7, 11) is 0. The molecule has 0 spiro atoms. The molecule has 0 bridgehead atoms. The van der Waals surface area contributed by atoms with Crippen molar-refractivity contribution >= 4 is 21.9 Å². The van der Waals surface area contributed by atoms with Gasteiger partial charge in [-0.1, -0.05) is 12.8 Å². The average Bonchev–Trinajstić information content (AvgIpc) is 3.04. The van der Waals surface area contributed by atoms with E-state index in [2.05, 4.69) is 20.9 Å². The number of nitrogens with zero attached hydrogens (tertiary/aromatic N) is 1. The number of aromatic nitrogens is 1. The smallest absolute Gasteiger partial charge is 0.341 e. The quantitative estimate of drug-likeness (QED) is 0.904. The molecule has 1 aliphatic rings. The number of aromatic carboxylic acids is 1. The van der Waals surface area contributed by atoms with Gasteiger partial charge in [-0.3, -0.25) is 0 Å². The Bertz CT molecular complexity index is 404. The van der Waals surface area contributed by atoms with Crippen LogP contribution in [0.3, 0.4) is 0 Å². The predicted octanol–water partition coefficient (Wildman–Crippen LogP) is 2.72. The second-order valence-corrected chi connectivity index (χ2v) is 4.81. The second-order valence-electron chi connectivity index (χ2n) is 3.89. The molecule has 0 atom stereocenters. The molecule has 0 radical (unpaired) electrons. The van der Waals surface area contributed by atoms with E-state index in [9.17, 15) is 4.79 Å². The third kappa shape index (κ3) is 2.95. The highest BCUT2D eigenvalue weighted by atomic mass is 79.9. The third-order valence-corrected chi connectivity index (χ3v) is 2.94. The number of ether oxygens (including phenoxy) is 1. The van der Waals surface area contributed by atoms with Crippen LogP contribution in [0.15, 0.2) is 16.7 Å². The van der Waals surface area contributed by atoms with E-state index in [1.807, 2.05) is 0 Å². The van der Waals surface area contributed by atoms with E-state index >= 15 is 0 Å². The van der Waals surface area contributed by atoms with Crippen LogP contribution in [0.4, 0.5) is 0 Å². The summed E-state index contributed by atoms with van der Waals surface area (Å²) in [4.78, 5) is 14.9. The van der Waals surface area contributed by atoms with Gasteiger partial charge in [-0.05, 0) is 34.3 Å². The molecule has 0 aromatic carbocycles. The summed E-state index contributed by atoms with van der Waals surface area (Å²) in [6, 6.07) is 1.50. The summed E-state index contributed by atoms with van der Waals surface area (Å²) in [5.74, 6) is -0.0460. The Hall–Kier alpha value is -1.10. The maximum atomic E-state index is 10.9. The van der Waals surface area contributed by atoms with Crippen molar-refractivity contribution < 1.29 is 14.6 Å². The van der Waals surface area contributed by atoms with E-state index < -0.39 is 5.97 Å². The summed E-state index contributed by atoms with van der Waals surface area (Å²) in [6.45, 7) is 0.541. The molecule has 0 unspecified atom stereocenters. The van der Waals surface area contributed by atoms with E-state index in [-0.39, 0.29) is 11.4 Å². The van der Waals surface area contributed by atoms with Gasteiger partial charge in [0.15, 0.2) is 0 Å². The molecule has 0 amide bonds. The number of carboxylic acid groups (broad SMARTS) is 1.